The van der Waals surface area contributed by atoms with E-state index in [1.54, 1.807) is 0 Å². The second-order valence-electron chi connectivity index (χ2n) is 8.01. The molecule has 1 fully saturated rings. The first-order valence-electron chi connectivity index (χ1n) is 8.24. The van der Waals surface area contributed by atoms with Crippen LogP contribution in [0.2, 0.25) is 10.6 Å². The largest absolute Gasteiger partial charge is 0.397 e. The summed E-state index contributed by atoms with van der Waals surface area (Å²) in [6.07, 6.45) is 2.62. The molecule has 0 saturated heterocycles. The van der Waals surface area contributed by atoms with Crippen molar-refractivity contribution in [1.29, 1.82) is 0 Å². The van der Waals surface area contributed by atoms with E-state index >= 15 is 0 Å². The highest BCUT2D eigenvalue weighted by molar-refractivity contribution is 6.72. The summed E-state index contributed by atoms with van der Waals surface area (Å²) in [5.74, 6) is 2.78. The first kappa shape index (κ1) is 18.2. The molecule has 0 bridgehead atoms. The smallest absolute Gasteiger partial charge is 0.347 e. The maximum Gasteiger partial charge on any atom is 0.347 e. The van der Waals surface area contributed by atoms with Gasteiger partial charge < -0.3 is 8.85 Å². The third kappa shape index (κ3) is 2.86. The maximum atomic E-state index is 6.25. The van der Waals surface area contributed by atoms with Crippen LogP contribution >= 0.6 is 0 Å². The Balaban J connectivity index is 3.25. The van der Waals surface area contributed by atoms with E-state index in [2.05, 4.69) is 48.5 Å². The number of rotatable bonds is 5. The monoisotopic (exact) mass is 300 g/mol. The molecule has 2 nitrogen and oxygen atoms in total. The van der Waals surface area contributed by atoms with Gasteiger partial charge in [0.05, 0.1) is 0 Å². The molecule has 0 N–H and O–H groups in total. The summed E-state index contributed by atoms with van der Waals surface area (Å²) < 4.78 is 12.5. The summed E-state index contributed by atoms with van der Waals surface area (Å²) >= 11 is 0. The molecule has 120 valence electrons. The van der Waals surface area contributed by atoms with Crippen molar-refractivity contribution < 1.29 is 8.85 Å². The van der Waals surface area contributed by atoms with Crippen LogP contribution in [-0.4, -0.2) is 22.8 Å². The zero-order chi connectivity index (χ0) is 15.7. The summed E-state index contributed by atoms with van der Waals surface area (Å²) in [7, 11) is 1.48. The molecule has 20 heavy (non-hydrogen) atoms. The number of hydrogen-bond acceptors (Lipinski definition) is 2. The Labute approximate surface area is 127 Å². The molecule has 0 amide bonds. The second kappa shape index (κ2) is 6.49. The minimum Gasteiger partial charge on any atom is -0.397 e. The molecule has 3 heteroatoms. The first-order valence-corrected chi connectivity index (χ1v) is 10.1. The van der Waals surface area contributed by atoms with Crippen LogP contribution in [0.25, 0.3) is 0 Å². The minimum atomic E-state index is -2.29. The second-order valence-corrected chi connectivity index (χ2v) is 12.1. The van der Waals surface area contributed by atoms with Gasteiger partial charge in [0.25, 0.3) is 0 Å². The molecule has 2 unspecified atom stereocenters. The first-order chi connectivity index (χ1) is 9.14. The van der Waals surface area contributed by atoms with Gasteiger partial charge in [0.2, 0.25) is 0 Å². The molecule has 1 aliphatic rings. The summed E-state index contributed by atoms with van der Waals surface area (Å²) in [5, 5.41) is 0.115. The molecule has 0 radical (unpaired) electrons. The molecule has 0 aliphatic heterocycles. The average Bonchev–Trinajstić information content (AvgIpc) is 2.33. The summed E-state index contributed by atoms with van der Waals surface area (Å²) in [5.41, 5.74) is 0.589. The highest BCUT2D eigenvalue weighted by atomic mass is 28.4. The van der Waals surface area contributed by atoms with Crippen molar-refractivity contribution in [3.8, 4) is 0 Å². The van der Waals surface area contributed by atoms with Gasteiger partial charge in [-0.15, -0.1) is 0 Å². The fourth-order valence-corrected chi connectivity index (χ4v) is 9.88. The molecule has 1 saturated carbocycles. The van der Waals surface area contributed by atoms with Crippen molar-refractivity contribution >= 4 is 8.56 Å². The third-order valence-corrected chi connectivity index (χ3v) is 11.8. The lowest BCUT2D eigenvalue weighted by Gasteiger charge is -2.53. The van der Waals surface area contributed by atoms with Crippen molar-refractivity contribution in [1.82, 2.24) is 0 Å². The highest BCUT2D eigenvalue weighted by Crippen LogP contribution is 2.57. The maximum absolute atomic E-state index is 6.25. The molecule has 0 heterocycles. The molecule has 1 rings (SSSR count). The van der Waals surface area contributed by atoms with Gasteiger partial charge in [0, 0.05) is 24.8 Å². The van der Waals surface area contributed by atoms with Crippen molar-refractivity contribution in [3.63, 3.8) is 0 Å². The van der Waals surface area contributed by atoms with Crippen molar-refractivity contribution in [3.05, 3.63) is 0 Å². The Bertz CT molecular complexity index is 298. The van der Waals surface area contributed by atoms with Crippen LogP contribution in [0.4, 0.5) is 0 Å². The Hall–Kier alpha value is 0.137. The fourth-order valence-electron chi connectivity index (χ4n) is 4.68. The molecule has 0 aromatic heterocycles. The van der Waals surface area contributed by atoms with E-state index in [0.717, 1.165) is 5.92 Å². The molecular weight excluding hydrogens is 264 g/mol. The molecule has 0 spiro atoms. The van der Waals surface area contributed by atoms with Crippen LogP contribution in [0.15, 0.2) is 0 Å². The standard InChI is InChI=1S/C17H36O2Si/c1-12(2)17(6,7)20(18-8,19-9)16-14(4)10-13(3)11-15(16)5/h12-16H,10-11H2,1-9H3. The van der Waals surface area contributed by atoms with Gasteiger partial charge in [-0.05, 0) is 36.5 Å². The Morgan fingerprint density at radius 2 is 1.35 bits per heavy atom. The average molecular weight is 301 g/mol. The van der Waals surface area contributed by atoms with Gasteiger partial charge in [0.15, 0.2) is 0 Å². The zero-order valence-corrected chi connectivity index (χ0v) is 16.1. The van der Waals surface area contributed by atoms with Crippen molar-refractivity contribution in [2.24, 2.45) is 23.7 Å². The molecule has 0 aromatic rings. The Morgan fingerprint density at radius 3 is 1.65 bits per heavy atom. The minimum absolute atomic E-state index is 0.115. The molecule has 1 aliphatic carbocycles. The van der Waals surface area contributed by atoms with E-state index < -0.39 is 8.56 Å². The lowest BCUT2D eigenvalue weighted by molar-refractivity contribution is 0.124. The van der Waals surface area contributed by atoms with Gasteiger partial charge in [-0.3, -0.25) is 0 Å². The molecule has 0 aromatic carbocycles. The summed E-state index contributed by atoms with van der Waals surface area (Å²) in [6, 6.07) is 0. The lowest BCUT2D eigenvalue weighted by atomic mass is 9.77. The zero-order valence-electron chi connectivity index (χ0n) is 15.1. The molecular formula is C17H36O2Si. The Kier molecular flexibility index (Phi) is 5.90. The van der Waals surface area contributed by atoms with Crippen LogP contribution in [-0.2, 0) is 8.85 Å². The SMILES string of the molecule is CO[Si](OC)(C1C(C)CC(C)CC1C)C(C)(C)C(C)C. The normalized spacial score (nSPS) is 32.7. The molecule has 2 atom stereocenters. The van der Waals surface area contributed by atoms with E-state index in [0.29, 0.717) is 23.3 Å². The predicted octanol–water partition coefficient (Wildman–Crippen LogP) is 5.23. The topological polar surface area (TPSA) is 18.5 Å². The van der Waals surface area contributed by atoms with E-state index in [4.69, 9.17) is 8.85 Å². The van der Waals surface area contributed by atoms with Crippen LogP contribution in [0.3, 0.4) is 0 Å². The van der Waals surface area contributed by atoms with E-state index in [1.165, 1.54) is 12.8 Å². The Morgan fingerprint density at radius 1 is 0.950 bits per heavy atom. The van der Waals surface area contributed by atoms with Gasteiger partial charge in [-0.2, -0.15) is 0 Å². The van der Waals surface area contributed by atoms with Crippen molar-refractivity contribution in [2.45, 2.75) is 71.9 Å². The highest BCUT2D eigenvalue weighted by Gasteiger charge is 2.61. The van der Waals surface area contributed by atoms with Crippen LogP contribution in [0, 0.1) is 23.7 Å². The van der Waals surface area contributed by atoms with Crippen LogP contribution in [0.5, 0.6) is 0 Å². The van der Waals surface area contributed by atoms with E-state index in [-0.39, 0.29) is 5.04 Å². The third-order valence-electron chi connectivity index (χ3n) is 6.16. The quantitative estimate of drug-likeness (QED) is 0.647. The summed E-state index contributed by atoms with van der Waals surface area (Å²) in [6.45, 7) is 16.5. The van der Waals surface area contributed by atoms with Gasteiger partial charge in [-0.1, -0.05) is 48.5 Å². The fraction of sp³-hybridized carbons (Fsp3) is 1.00. The van der Waals surface area contributed by atoms with Crippen molar-refractivity contribution in [2.75, 3.05) is 14.2 Å². The number of hydrogen-bond donors (Lipinski definition) is 0. The van der Waals surface area contributed by atoms with Gasteiger partial charge in [-0.25, -0.2) is 0 Å². The summed E-state index contributed by atoms with van der Waals surface area (Å²) in [4.78, 5) is 0. The predicted molar refractivity (Wildman–Crippen MR) is 89.1 cm³/mol. The lowest BCUT2D eigenvalue weighted by Crippen LogP contribution is -2.59. The van der Waals surface area contributed by atoms with Crippen LogP contribution < -0.4 is 0 Å². The van der Waals surface area contributed by atoms with Crippen LogP contribution in [0.1, 0.15) is 61.3 Å². The van der Waals surface area contributed by atoms with E-state index in [9.17, 15) is 0 Å². The van der Waals surface area contributed by atoms with Gasteiger partial charge in [0.1, 0.15) is 0 Å². The van der Waals surface area contributed by atoms with E-state index in [1.807, 2.05) is 14.2 Å². The van der Waals surface area contributed by atoms with Gasteiger partial charge >= 0.3 is 8.56 Å².